The summed E-state index contributed by atoms with van der Waals surface area (Å²) in [5, 5.41) is 3.08. The van der Waals surface area contributed by atoms with Crippen LogP contribution < -0.4 is 10.0 Å². The maximum atomic E-state index is 13.2. The van der Waals surface area contributed by atoms with Crippen molar-refractivity contribution < 1.29 is 21.6 Å². The number of aryl methyl sites for hydroxylation is 1. The number of anilines is 2. The van der Waals surface area contributed by atoms with Gasteiger partial charge in [0.2, 0.25) is 0 Å². The summed E-state index contributed by atoms with van der Waals surface area (Å²) in [6.07, 6.45) is 0.371. The minimum atomic E-state index is -4.70. The van der Waals surface area contributed by atoms with Crippen molar-refractivity contribution in [1.29, 1.82) is 0 Å². The highest BCUT2D eigenvalue weighted by molar-refractivity contribution is 7.92. The average Bonchev–Trinajstić information content (AvgIpc) is 3.29. The molecule has 182 valence electrons. The minimum Gasteiger partial charge on any atom is -0.378 e. The van der Waals surface area contributed by atoms with Crippen LogP contribution >= 0.6 is 11.6 Å². The van der Waals surface area contributed by atoms with E-state index in [4.69, 9.17) is 11.6 Å². The van der Waals surface area contributed by atoms with Crippen molar-refractivity contribution in [3.8, 4) is 0 Å². The van der Waals surface area contributed by atoms with Gasteiger partial charge in [0.15, 0.2) is 0 Å². The molecule has 1 heterocycles. The van der Waals surface area contributed by atoms with Gasteiger partial charge in [0.1, 0.15) is 0 Å². The van der Waals surface area contributed by atoms with E-state index in [2.05, 4.69) is 34.3 Å². The van der Waals surface area contributed by atoms with E-state index >= 15 is 0 Å². The molecular formula is C26H22ClF3N2O2S. The van der Waals surface area contributed by atoms with Crippen LogP contribution in [-0.4, -0.2) is 8.42 Å². The van der Waals surface area contributed by atoms with Crippen LogP contribution in [0.3, 0.4) is 0 Å². The van der Waals surface area contributed by atoms with Crippen LogP contribution in [-0.2, 0) is 16.2 Å². The zero-order valence-corrected chi connectivity index (χ0v) is 20.2. The molecule has 0 saturated heterocycles. The van der Waals surface area contributed by atoms with Crippen molar-refractivity contribution in [2.24, 2.45) is 5.92 Å². The van der Waals surface area contributed by atoms with Gasteiger partial charge in [-0.15, -0.1) is 0 Å². The minimum absolute atomic E-state index is 0.0189. The molecule has 0 bridgehead atoms. The van der Waals surface area contributed by atoms with Crippen molar-refractivity contribution in [2.75, 3.05) is 10.0 Å². The number of hydrogen-bond acceptors (Lipinski definition) is 3. The number of nitrogens with one attached hydrogen (secondary N) is 2. The summed E-state index contributed by atoms with van der Waals surface area (Å²) >= 11 is 5.65. The maximum Gasteiger partial charge on any atom is 0.417 e. The Hall–Kier alpha value is -2.97. The van der Waals surface area contributed by atoms with Crippen molar-refractivity contribution in [3.63, 3.8) is 0 Å². The number of fused-ring (bicyclic) bond motifs is 3. The van der Waals surface area contributed by atoms with Crippen molar-refractivity contribution >= 4 is 33.0 Å². The molecule has 35 heavy (non-hydrogen) atoms. The predicted octanol–water partition coefficient (Wildman–Crippen LogP) is 7.29. The van der Waals surface area contributed by atoms with Gasteiger partial charge >= 0.3 is 6.18 Å². The molecular weight excluding hydrogens is 497 g/mol. The van der Waals surface area contributed by atoms with Crippen molar-refractivity contribution in [2.45, 2.75) is 36.4 Å². The second kappa shape index (κ2) is 8.60. The zero-order valence-electron chi connectivity index (χ0n) is 18.6. The van der Waals surface area contributed by atoms with E-state index in [-0.39, 0.29) is 28.5 Å². The topological polar surface area (TPSA) is 58.2 Å². The second-order valence-electron chi connectivity index (χ2n) is 8.94. The molecule has 3 aromatic rings. The number of benzene rings is 3. The molecule has 0 amide bonds. The number of allylic oxidation sites excluding steroid dienone is 2. The Morgan fingerprint density at radius 3 is 2.60 bits per heavy atom. The first kappa shape index (κ1) is 23.8. The molecule has 3 aromatic carbocycles. The third-order valence-electron chi connectivity index (χ3n) is 6.57. The molecule has 1 aliphatic heterocycles. The Morgan fingerprint density at radius 2 is 1.86 bits per heavy atom. The van der Waals surface area contributed by atoms with Crippen LogP contribution in [0, 0.1) is 12.8 Å². The predicted molar refractivity (Wildman–Crippen MR) is 131 cm³/mol. The number of alkyl halides is 3. The SMILES string of the molecule is Cc1cccc([C@H]2Nc3ccc(S(=O)(=O)Nc4ccc(Cl)c(C(F)(F)F)c4)cc3[C@H]3C=CC[C@H]32)c1. The Labute approximate surface area is 206 Å². The lowest BCUT2D eigenvalue weighted by Crippen LogP contribution is -2.29. The van der Waals surface area contributed by atoms with E-state index in [1.807, 2.05) is 19.1 Å². The fourth-order valence-corrected chi connectivity index (χ4v) is 6.26. The standard InChI is InChI=1S/C26H22ClF3N2O2S/c1-15-4-2-5-16(12-15)25-20-7-3-6-19(20)21-14-18(9-11-24(21)31-25)35(33,34)32-17-8-10-23(27)22(13-17)26(28,29)30/h2-6,8-14,19-20,25,31-32H,7H2,1H3/t19-,20+,25+/m0/s1. The van der Waals surface area contributed by atoms with Crippen LogP contribution in [0.1, 0.15) is 40.6 Å². The van der Waals surface area contributed by atoms with Gasteiger partial charge in [-0.25, -0.2) is 8.42 Å². The van der Waals surface area contributed by atoms with E-state index in [1.165, 1.54) is 23.3 Å². The van der Waals surface area contributed by atoms with E-state index < -0.39 is 26.8 Å². The molecule has 4 nitrogen and oxygen atoms in total. The molecule has 2 N–H and O–H groups in total. The van der Waals surface area contributed by atoms with E-state index in [0.717, 1.165) is 23.7 Å². The van der Waals surface area contributed by atoms with Crippen LogP contribution in [0.5, 0.6) is 0 Å². The van der Waals surface area contributed by atoms with Gasteiger partial charge in [0, 0.05) is 17.3 Å². The average molecular weight is 519 g/mol. The summed E-state index contributed by atoms with van der Waals surface area (Å²) in [7, 11) is -4.13. The lowest BCUT2D eigenvalue weighted by molar-refractivity contribution is -0.137. The number of halogens is 4. The quantitative estimate of drug-likeness (QED) is 0.356. The lowest BCUT2D eigenvalue weighted by atomic mass is 9.77. The first-order valence-electron chi connectivity index (χ1n) is 11.1. The molecule has 0 spiro atoms. The zero-order chi connectivity index (χ0) is 25.0. The monoisotopic (exact) mass is 518 g/mol. The van der Waals surface area contributed by atoms with Gasteiger partial charge in [-0.2, -0.15) is 13.2 Å². The van der Waals surface area contributed by atoms with Gasteiger partial charge in [0.25, 0.3) is 10.0 Å². The Kier molecular flexibility index (Phi) is 5.84. The summed E-state index contributed by atoms with van der Waals surface area (Å²) in [4.78, 5) is -0.0189. The summed E-state index contributed by atoms with van der Waals surface area (Å²) < 4.78 is 68.0. The first-order chi connectivity index (χ1) is 16.5. The van der Waals surface area contributed by atoms with E-state index in [1.54, 1.807) is 12.1 Å². The summed E-state index contributed by atoms with van der Waals surface area (Å²) in [6, 6.07) is 16.1. The Balaban J connectivity index is 1.47. The van der Waals surface area contributed by atoms with Crippen LogP contribution in [0.4, 0.5) is 24.5 Å². The largest absolute Gasteiger partial charge is 0.417 e. The van der Waals surface area contributed by atoms with E-state index in [0.29, 0.717) is 6.07 Å². The number of rotatable bonds is 4. The molecule has 2 aliphatic rings. The smallest absolute Gasteiger partial charge is 0.378 e. The maximum absolute atomic E-state index is 13.2. The van der Waals surface area contributed by atoms with E-state index in [9.17, 15) is 21.6 Å². The molecule has 0 radical (unpaired) electrons. The highest BCUT2D eigenvalue weighted by Crippen LogP contribution is 2.50. The van der Waals surface area contributed by atoms with Gasteiger partial charge < -0.3 is 5.32 Å². The number of hydrogen-bond donors (Lipinski definition) is 2. The third kappa shape index (κ3) is 4.52. The molecule has 1 aliphatic carbocycles. The second-order valence-corrected chi connectivity index (χ2v) is 11.0. The number of sulfonamides is 1. The molecule has 9 heteroatoms. The molecule has 0 fully saturated rings. The van der Waals surface area contributed by atoms with Gasteiger partial charge in [-0.05, 0) is 66.8 Å². The van der Waals surface area contributed by atoms with Crippen LogP contribution in [0.2, 0.25) is 5.02 Å². The van der Waals surface area contributed by atoms with Crippen molar-refractivity contribution in [3.05, 3.63) is 100 Å². The third-order valence-corrected chi connectivity index (χ3v) is 8.28. The van der Waals surface area contributed by atoms with Gasteiger partial charge in [0.05, 0.1) is 21.5 Å². The van der Waals surface area contributed by atoms with Gasteiger partial charge in [-0.1, -0.05) is 53.6 Å². The van der Waals surface area contributed by atoms with Crippen LogP contribution in [0.15, 0.2) is 77.7 Å². The molecule has 5 rings (SSSR count). The van der Waals surface area contributed by atoms with Gasteiger partial charge in [-0.3, -0.25) is 4.72 Å². The molecule has 0 saturated carbocycles. The van der Waals surface area contributed by atoms with Crippen molar-refractivity contribution in [1.82, 2.24) is 0 Å². The first-order valence-corrected chi connectivity index (χ1v) is 12.9. The fourth-order valence-electron chi connectivity index (χ4n) is 4.95. The molecule has 3 atom stereocenters. The van der Waals surface area contributed by atoms with Crippen LogP contribution in [0.25, 0.3) is 0 Å². The highest BCUT2D eigenvalue weighted by atomic mass is 35.5. The molecule has 0 aromatic heterocycles. The summed E-state index contributed by atoms with van der Waals surface area (Å²) in [5.41, 5.74) is 2.72. The Bertz CT molecular complexity index is 1440. The fraction of sp³-hybridized carbons (Fsp3) is 0.231. The normalized spacial score (nSPS) is 21.2. The molecule has 0 unspecified atom stereocenters. The summed E-state index contributed by atoms with van der Waals surface area (Å²) in [6.45, 7) is 2.05. The summed E-state index contributed by atoms with van der Waals surface area (Å²) in [5.74, 6) is 0.250. The lowest BCUT2D eigenvalue weighted by Gasteiger charge is -2.37. The Morgan fingerprint density at radius 1 is 1.06 bits per heavy atom. The highest BCUT2D eigenvalue weighted by Gasteiger charge is 2.38.